The van der Waals surface area contributed by atoms with Gasteiger partial charge in [0.2, 0.25) is 5.91 Å². The average Bonchev–Trinajstić information content (AvgIpc) is 3.42. The second kappa shape index (κ2) is 9.27. The summed E-state index contributed by atoms with van der Waals surface area (Å²) < 4.78 is 5.84. The molecule has 0 saturated carbocycles. The maximum atomic E-state index is 12.3. The van der Waals surface area contributed by atoms with Crippen molar-refractivity contribution in [2.45, 2.75) is 39.5 Å². The van der Waals surface area contributed by atoms with Crippen LogP contribution in [0.1, 0.15) is 42.6 Å². The Morgan fingerprint density at radius 3 is 2.42 bits per heavy atom. The molecular formula is C25H25N3O2S. The molecule has 1 amide bonds. The zero-order chi connectivity index (χ0) is 21.8. The zero-order valence-electron chi connectivity index (χ0n) is 17.9. The molecule has 5 nitrogen and oxygen atoms in total. The fourth-order valence-electron chi connectivity index (χ4n) is 3.26. The van der Waals surface area contributed by atoms with Gasteiger partial charge in [-0.25, -0.2) is 9.97 Å². The van der Waals surface area contributed by atoms with Crippen molar-refractivity contribution in [1.29, 1.82) is 0 Å². The summed E-state index contributed by atoms with van der Waals surface area (Å²) in [6.45, 7) is 6.33. The Labute approximate surface area is 186 Å². The highest BCUT2D eigenvalue weighted by molar-refractivity contribution is 7.09. The summed E-state index contributed by atoms with van der Waals surface area (Å²) in [5.74, 6) is 1.70. The smallest absolute Gasteiger partial charge is 0.224 e. The number of nitrogens with one attached hydrogen (secondary N) is 1. The van der Waals surface area contributed by atoms with Gasteiger partial charge in [-0.3, -0.25) is 4.79 Å². The minimum absolute atomic E-state index is 0.0710. The number of carbonyl (C=O) groups excluding carboxylic acids is 1. The Morgan fingerprint density at radius 2 is 1.77 bits per heavy atom. The Morgan fingerprint density at radius 1 is 1.06 bits per heavy atom. The van der Waals surface area contributed by atoms with E-state index in [1.807, 2.05) is 48.7 Å². The third kappa shape index (κ3) is 5.27. The maximum Gasteiger partial charge on any atom is 0.224 e. The molecule has 0 saturated heterocycles. The first kappa shape index (κ1) is 21.0. The molecule has 0 bridgehead atoms. The number of amides is 1. The van der Waals surface area contributed by atoms with Crippen molar-refractivity contribution in [3.63, 3.8) is 0 Å². The molecule has 0 atom stereocenters. The molecule has 0 aliphatic carbocycles. The highest BCUT2D eigenvalue weighted by atomic mass is 32.1. The molecule has 1 N–H and O–H groups in total. The Kier molecular flexibility index (Phi) is 6.28. The standard InChI is InChI=1S/C25H25N3O2S/c1-16(2)18-4-6-20(7-5-18)23-14-26-25(30-23)13-12-24(29)28-21-10-8-19(9-11-21)22-15-31-17(3)27-22/h4-11,14-16H,12-13H2,1-3H3,(H,28,29). The number of carbonyl (C=O) groups is 1. The van der Waals surface area contributed by atoms with Gasteiger partial charge in [-0.05, 0) is 30.5 Å². The van der Waals surface area contributed by atoms with Crippen molar-refractivity contribution in [3.8, 4) is 22.6 Å². The van der Waals surface area contributed by atoms with Crippen LogP contribution in [-0.4, -0.2) is 15.9 Å². The Balaban J connectivity index is 1.31. The van der Waals surface area contributed by atoms with E-state index in [2.05, 4.69) is 41.3 Å². The van der Waals surface area contributed by atoms with E-state index in [4.69, 9.17) is 4.42 Å². The molecule has 158 valence electrons. The largest absolute Gasteiger partial charge is 0.441 e. The first-order valence-electron chi connectivity index (χ1n) is 10.4. The van der Waals surface area contributed by atoms with Crippen LogP contribution in [0.15, 0.2) is 64.5 Å². The monoisotopic (exact) mass is 431 g/mol. The number of aryl methyl sites for hydroxylation is 2. The number of rotatable bonds is 7. The lowest BCUT2D eigenvalue weighted by molar-refractivity contribution is -0.116. The molecule has 0 unspecified atom stereocenters. The molecule has 0 aliphatic rings. The first-order valence-corrected chi connectivity index (χ1v) is 11.2. The van der Waals surface area contributed by atoms with Crippen LogP contribution in [0.25, 0.3) is 22.6 Å². The maximum absolute atomic E-state index is 12.3. The highest BCUT2D eigenvalue weighted by Gasteiger charge is 2.10. The number of aromatic nitrogens is 2. The summed E-state index contributed by atoms with van der Waals surface area (Å²) in [7, 11) is 0. The summed E-state index contributed by atoms with van der Waals surface area (Å²) in [6, 6.07) is 16.0. The van der Waals surface area contributed by atoms with Crippen LogP contribution in [0.2, 0.25) is 0 Å². The van der Waals surface area contributed by atoms with Crippen molar-refractivity contribution in [1.82, 2.24) is 9.97 Å². The van der Waals surface area contributed by atoms with Crippen LogP contribution < -0.4 is 5.32 Å². The van der Waals surface area contributed by atoms with E-state index in [1.54, 1.807) is 17.5 Å². The van der Waals surface area contributed by atoms with Crippen LogP contribution >= 0.6 is 11.3 Å². The minimum Gasteiger partial charge on any atom is -0.441 e. The van der Waals surface area contributed by atoms with Crippen molar-refractivity contribution < 1.29 is 9.21 Å². The lowest BCUT2D eigenvalue weighted by Crippen LogP contribution is -2.12. The van der Waals surface area contributed by atoms with E-state index in [9.17, 15) is 4.79 Å². The predicted octanol–water partition coefficient (Wildman–Crippen LogP) is 6.47. The van der Waals surface area contributed by atoms with Crippen LogP contribution in [0, 0.1) is 6.92 Å². The topological polar surface area (TPSA) is 68.0 Å². The zero-order valence-corrected chi connectivity index (χ0v) is 18.7. The molecule has 0 radical (unpaired) electrons. The average molecular weight is 432 g/mol. The van der Waals surface area contributed by atoms with Crippen molar-refractivity contribution in [2.75, 3.05) is 5.32 Å². The fraction of sp³-hybridized carbons (Fsp3) is 0.240. The van der Waals surface area contributed by atoms with Crippen LogP contribution in [0.5, 0.6) is 0 Å². The molecule has 2 heterocycles. The molecule has 0 fully saturated rings. The summed E-state index contributed by atoms with van der Waals surface area (Å²) in [5, 5.41) is 6.00. The minimum atomic E-state index is -0.0710. The summed E-state index contributed by atoms with van der Waals surface area (Å²) in [6.07, 6.45) is 2.47. The van der Waals surface area contributed by atoms with Gasteiger partial charge in [0.05, 0.1) is 16.9 Å². The molecular weight excluding hydrogens is 406 g/mol. The molecule has 0 aliphatic heterocycles. The van der Waals surface area contributed by atoms with Gasteiger partial charge >= 0.3 is 0 Å². The Bertz CT molecular complexity index is 1160. The van der Waals surface area contributed by atoms with Gasteiger partial charge < -0.3 is 9.73 Å². The third-order valence-electron chi connectivity index (χ3n) is 5.06. The van der Waals surface area contributed by atoms with Gasteiger partial charge in [-0.15, -0.1) is 11.3 Å². The molecule has 31 heavy (non-hydrogen) atoms. The molecule has 4 aromatic rings. The second-order valence-corrected chi connectivity index (χ2v) is 8.83. The van der Waals surface area contributed by atoms with E-state index in [0.717, 1.165) is 33.3 Å². The van der Waals surface area contributed by atoms with Crippen molar-refractivity contribution >= 4 is 22.9 Å². The van der Waals surface area contributed by atoms with Crippen molar-refractivity contribution in [3.05, 3.63) is 76.6 Å². The number of hydrogen-bond acceptors (Lipinski definition) is 5. The fourth-order valence-corrected chi connectivity index (χ4v) is 3.88. The molecule has 6 heteroatoms. The number of nitrogens with zero attached hydrogens (tertiary/aromatic N) is 2. The number of anilines is 1. The highest BCUT2D eigenvalue weighted by Crippen LogP contribution is 2.25. The van der Waals surface area contributed by atoms with Crippen molar-refractivity contribution in [2.24, 2.45) is 0 Å². The number of benzene rings is 2. The number of thiazole rings is 1. The van der Waals surface area contributed by atoms with Gasteiger partial charge in [0.15, 0.2) is 11.7 Å². The van der Waals surface area contributed by atoms with Gasteiger partial charge in [-0.1, -0.05) is 50.2 Å². The van der Waals surface area contributed by atoms with E-state index in [0.29, 0.717) is 24.7 Å². The summed E-state index contributed by atoms with van der Waals surface area (Å²) in [5.41, 5.74) is 5.03. The number of hydrogen-bond donors (Lipinski definition) is 1. The lowest BCUT2D eigenvalue weighted by atomic mass is 10.0. The van der Waals surface area contributed by atoms with Gasteiger partial charge in [0.1, 0.15) is 0 Å². The molecule has 0 spiro atoms. The molecule has 2 aromatic heterocycles. The van der Waals surface area contributed by atoms with Gasteiger partial charge in [0, 0.05) is 35.0 Å². The van der Waals surface area contributed by atoms with E-state index < -0.39 is 0 Å². The molecule has 4 rings (SSSR count). The van der Waals surface area contributed by atoms with Crippen LogP contribution in [0.4, 0.5) is 5.69 Å². The van der Waals surface area contributed by atoms with E-state index >= 15 is 0 Å². The third-order valence-corrected chi connectivity index (χ3v) is 5.84. The SMILES string of the molecule is Cc1nc(-c2ccc(NC(=O)CCc3ncc(-c4ccc(C(C)C)cc4)o3)cc2)cs1. The lowest BCUT2D eigenvalue weighted by Gasteiger charge is -2.06. The van der Waals surface area contributed by atoms with E-state index in [-0.39, 0.29) is 5.91 Å². The van der Waals surface area contributed by atoms with Crippen LogP contribution in [0.3, 0.4) is 0 Å². The predicted molar refractivity (Wildman–Crippen MR) is 125 cm³/mol. The quantitative estimate of drug-likeness (QED) is 0.364. The van der Waals surface area contributed by atoms with Gasteiger partial charge in [0.25, 0.3) is 0 Å². The number of oxazole rings is 1. The summed E-state index contributed by atoms with van der Waals surface area (Å²) in [4.78, 5) is 21.1. The normalized spacial score (nSPS) is 11.1. The first-order chi connectivity index (χ1) is 15.0. The second-order valence-electron chi connectivity index (χ2n) is 7.77. The Hall–Kier alpha value is -3.25. The van der Waals surface area contributed by atoms with Gasteiger partial charge in [-0.2, -0.15) is 0 Å². The van der Waals surface area contributed by atoms with E-state index in [1.165, 1.54) is 5.56 Å². The molecule has 2 aromatic carbocycles. The summed E-state index contributed by atoms with van der Waals surface area (Å²) >= 11 is 1.62. The van der Waals surface area contributed by atoms with Crippen LogP contribution in [-0.2, 0) is 11.2 Å².